The van der Waals surface area contributed by atoms with E-state index in [1.54, 1.807) is 6.07 Å². The number of rotatable bonds is 0. The van der Waals surface area contributed by atoms with E-state index < -0.39 is 0 Å². The van der Waals surface area contributed by atoms with Crippen LogP contribution < -0.4 is 5.73 Å². The van der Waals surface area contributed by atoms with Crippen molar-refractivity contribution in [1.82, 2.24) is 4.98 Å². The van der Waals surface area contributed by atoms with Gasteiger partial charge < -0.3 is 10.8 Å². The Balaban J connectivity index is 2.05. The lowest BCUT2D eigenvalue weighted by Crippen LogP contribution is -1.80. The smallest absolute Gasteiger partial charge is 0.181 e. The Labute approximate surface area is 114 Å². The van der Waals surface area contributed by atoms with Gasteiger partial charge in [-0.05, 0) is 24.3 Å². The molecule has 0 amide bonds. The van der Waals surface area contributed by atoms with Gasteiger partial charge in [-0.3, -0.25) is 0 Å². The summed E-state index contributed by atoms with van der Waals surface area (Å²) in [5.74, 6) is 6.20. The van der Waals surface area contributed by atoms with Crippen LogP contribution in [0.25, 0.3) is 10.2 Å². The van der Waals surface area contributed by atoms with E-state index in [9.17, 15) is 5.11 Å². The van der Waals surface area contributed by atoms with Crippen LogP contribution >= 0.6 is 11.3 Å². The van der Waals surface area contributed by atoms with Gasteiger partial charge in [0.15, 0.2) is 5.13 Å². The number of aromatic hydroxyl groups is 1. The predicted octanol–water partition coefficient (Wildman–Crippen LogP) is 2.98. The van der Waals surface area contributed by atoms with Gasteiger partial charge in [0.05, 0.1) is 4.70 Å². The Morgan fingerprint density at radius 1 is 1.05 bits per heavy atom. The van der Waals surface area contributed by atoms with E-state index >= 15 is 0 Å². The third-order valence-corrected chi connectivity index (χ3v) is 3.45. The topological polar surface area (TPSA) is 59.1 Å². The van der Waals surface area contributed by atoms with Crippen LogP contribution in [-0.2, 0) is 0 Å². The zero-order chi connectivity index (χ0) is 13.2. The van der Waals surface area contributed by atoms with Crippen molar-refractivity contribution >= 4 is 26.7 Å². The quantitative estimate of drug-likeness (QED) is 0.615. The van der Waals surface area contributed by atoms with Gasteiger partial charge in [0.2, 0.25) is 0 Å². The normalized spacial score (nSPS) is 10.1. The average molecular weight is 266 g/mol. The Morgan fingerprint density at radius 3 is 2.58 bits per heavy atom. The molecule has 1 heterocycles. The van der Waals surface area contributed by atoms with Gasteiger partial charge in [0, 0.05) is 11.1 Å². The molecule has 0 atom stereocenters. The number of nitrogens with two attached hydrogens (primary N) is 1. The summed E-state index contributed by atoms with van der Waals surface area (Å²) in [4.78, 5) is 4.07. The van der Waals surface area contributed by atoms with Crippen molar-refractivity contribution in [3.63, 3.8) is 0 Å². The molecule has 0 radical (unpaired) electrons. The first kappa shape index (κ1) is 11.6. The Hall–Kier alpha value is -2.51. The molecule has 3 N–H and O–H groups in total. The van der Waals surface area contributed by atoms with E-state index in [1.165, 1.54) is 11.3 Å². The molecule has 3 aromatic rings. The summed E-state index contributed by atoms with van der Waals surface area (Å²) in [6.07, 6.45) is 0. The molecule has 3 rings (SSSR count). The highest BCUT2D eigenvalue weighted by Crippen LogP contribution is 2.31. The first-order valence-electron chi connectivity index (χ1n) is 5.68. The molecular weight excluding hydrogens is 256 g/mol. The second-order valence-electron chi connectivity index (χ2n) is 4.01. The molecule has 0 fully saturated rings. The fraction of sp³-hybridized carbons (Fsp3) is 0. The molecule has 0 bridgehead atoms. The average Bonchev–Trinajstić information content (AvgIpc) is 2.79. The molecule has 1 aromatic heterocycles. The number of hydrogen-bond donors (Lipinski definition) is 2. The summed E-state index contributed by atoms with van der Waals surface area (Å²) >= 11 is 1.34. The van der Waals surface area contributed by atoms with Crippen molar-refractivity contribution in [3.05, 3.63) is 53.6 Å². The maximum Gasteiger partial charge on any atom is 0.181 e. The second kappa shape index (κ2) is 4.63. The van der Waals surface area contributed by atoms with Crippen LogP contribution in [0, 0.1) is 11.8 Å². The third kappa shape index (κ3) is 2.37. The summed E-state index contributed by atoms with van der Waals surface area (Å²) in [6.45, 7) is 0. The van der Waals surface area contributed by atoms with Gasteiger partial charge in [-0.25, -0.2) is 4.98 Å². The number of benzene rings is 2. The molecule has 0 spiro atoms. The Morgan fingerprint density at radius 2 is 1.79 bits per heavy atom. The highest BCUT2D eigenvalue weighted by Gasteiger charge is 2.07. The van der Waals surface area contributed by atoms with Gasteiger partial charge in [-0.15, -0.1) is 0 Å². The van der Waals surface area contributed by atoms with Gasteiger partial charge in [0.1, 0.15) is 11.3 Å². The maximum atomic E-state index is 9.88. The molecule has 2 aromatic carbocycles. The Bertz CT molecular complexity index is 797. The van der Waals surface area contributed by atoms with E-state index in [2.05, 4.69) is 16.8 Å². The molecule has 4 heteroatoms. The zero-order valence-corrected chi connectivity index (χ0v) is 10.7. The van der Waals surface area contributed by atoms with Gasteiger partial charge in [0.25, 0.3) is 0 Å². The van der Waals surface area contributed by atoms with Crippen molar-refractivity contribution < 1.29 is 5.11 Å². The molecule has 0 aliphatic carbocycles. The monoisotopic (exact) mass is 266 g/mol. The van der Waals surface area contributed by atoms with Gasteiger partial charge >= 0.3 is 0 Å². The SMILES string of the molecule is Nc1nc2c(O)cc(C#Cc3ccccc3)cc2s1. The number of nitrogens with zero attached hydrogens (tertiary/aromatic N) is 1. The number of phenolic OH excluding ortho intramolecular Hbond substituents is 1. The highest BCUT2D eigenvalue weighted by atomic mass is 32.1. The largest absolute Gasteiger partial charge is 0.506 e. The number of fused-ring (bicyclic) bond motifs is 1. The molecule has 19 heavy (non-hydrogen) atoms. The summed E-state index contributed by atoms with van der Waals surface area (Å²) in [5.41, 5.74) is 7.85. The van der Waals surface area contributed by atoms with Crippen LogP contribution in [0.2, 0.25) is 0 Å². The minimum atomic E-state index is 0.114. The van der Waals surface area contributed by atoms with Gasteiger partial charge in [-0.2, -0.15) is 0 Å². The van der Waals surface area contributed by atoms with Crippen molar-refractivity contribution in [2.24, 2.45) is 0 Å². The number of anilines is 1. The van der Waals surface area contributed by atoms with Crippen molar-refractivity contribution in [2.75, 3.05) is 5.73 Å². The van der Waals surface area contributed by atoms with Crippen LogP contribution in [0.5, 0.6) is 5.75 Å². The number of aromatic nitrogens is 1. The molecule has 0 unspecified atom stereocenters. The standard InChI is InChI=1S/C15H10N2OS/c16-15-17-14-12(18)8-11(9-13(14)19-15)7-6-10-4-2-1-3-5-10/h1-5,8-9,18H,(H2,16,17). The molecule has 92 valence electrons. The first-order valence-corrected chi connectivity index (χ1v) is 6.50. The summed E-state index contributed by atoms with van der Waals surface area (Å²) in [7, 11) is 0. The lowest BCUT2D eigenvalue weighted by atomic mass is 10.1. The van der Waals surface area contributed by atoms with E-state index in [-0.39, 0.29) is 5.75 Å². The van der Waals surface area contributed by atoms with Crippen molar-refractivity contribution in [1.29, 1.82) is 0 Å². The fourth-order valence-corrected chi connectivity index (χ4v) is 2.56. The lowest BCUT2D eigenvalue weighted by Gasteiger charge is -1.95. The van der Waals surface area contributed by atoms with Crippen LogP contribution in [0.3, 0.4) is 0 Å². The molecule has 0 aliphatic rings. The maximum absolute atomic E-state index is 9.88. The number of hydrogen-bond acceptors (Lipinski definition) is 4. The summed E-state index contributed by atoms with van der Waals surface area (Å²) in [6, 6.07) is 13.2. The Kier molecular flexibility index (Phi) is 2.82. The summed E-state index contributed by atoms with van der Waals surface area (Å²) in [5, 5.41) is 10.3. The molecule has 3 nitrogen and oxygen atoms in total. The minimum Gasteiger partial charge on any atom is -0.506 e. The van der Waals surface area contributed by atoms with E-state index in [1.807, 2.05) is 36.4 Å². The van der Waals surface area contributed by atoms with Gasteiger partial charge in [-0.1, -0.05) is 41.4 Å². The second-order valence-corrected chi connectivity index (χ2v) is 5.07. The van der Waals surface area contributed by atoms with E-state index in [0.29, 0.717) is 10.6 Å². The lowest BCUT2D eigenvalue weighted by molar-refractivity contribution is 0.480. The molecule has 0 saturated carbocycles. The predicted molar refractivity (Wildman–Crippen MR) is 78.1 cm³/mol. The highest BCUT2D eigenvalue weighted by molar-refractivity contribution is 7.22. The van der Waals surface area contributed by atoms with Crippen molar-refractivity contribution in [3.8, 4) is 17.6 Å². The van der Waals surface area contributed by atoms with Crippen LogP contribution in [-0.4, -0.2) is 10.1 Å². The van der Waals surface area contributed by atoms with Crippen molar-refractivity contribution in [2.45, 2.75) is 0 Å². The summed E-state index contributed by atoms with van der Waals surface area (Å²) < 4.78 is 0.842. The van der Waals surface area contributed by atoms with Crippen LogP contribution in [0.4, 0.5) is 5.13 Å². The molecule has 0 saturated heterocycles. The number of phenols is 1. The van der Waals surface area contributed by atoms with Crippen LogP contribution in [0.1, 0.15) is 11.1 Å². The third-order valence-electron chi connectivity index (χ3n) is 2.62. The number of thiazole rings is 1. The zero-order valence-electron chi connectivity index (χ0n) is 9.92. The van der Waals surface area contributed by atoms with E-state index in [4.69, 9.17) is 5.73 Å². The molecule has 0 aliphatic heterocycles. The first-order chi connectivity index (χ1) is 9.22. The van der Waals surface area contributed by atoms with Crippen LogP contribution in [0.15, 0.2) is 42.5 Å². The molecular formula is C15H10N2OS. The fourth-order valence-electron chi connectivity index (χ4n) is 1.77. The number of nitrogen functional groups attached to an aromatic ring is 1. The minimum absolute atomic E-state index is 0.114. The van der Waals surface area contributed by atoms with E-state index in [0.717, 1.165) is 15.8 Å².